The third kappa shape index (κ3) is 82.5. The number of hydrogen-bond acceptors (Lipinski definition) is 2. The Morgan fingerprint density at radius 3 is 1.40 bits per heavy atom. The van der Waals surface area contributed by atoms with E-state index in [0.717, 1.165) is 0 Å². The SMILES string of the molecule is [N-]=S(=O)=O.[Na+]. The van der Waals surface area contributed by atoms with E-state index < -0.39 is 10.5 Å². The second kappa shape index (κ2) is 4.62. The molecule has 0 rings (SSSR count). The fourth-order valence-corrected chi connectivity index (χ4v) is 0. The van der Waals surface area contributed by atoms with Gasteiger partial charge < -0.3 is 4.78 Å². The van der Waals surface area contributed by atoms with E-state index in [-0.39, 0.29) is 29.6 Å². The Morgan fingerprint density at radius 1 is 1.40 bits per heavy atom. The van der Waals surface area contributed by atoms with Gasteiger partial charge in [-0.1, -0.05) is 0 Å². The Bertz CT molecular complexity index is 79.0. The van der Waals surface area contributed by atoms with Gasteiger partial charge in [-0.2, -0.15) is 0 Å². The van der Waals surface area contributed by atoms with E-state index in [0.29, 0.717) is 0 Å². The largest absolute Gasteiger partial charge is 1.00 e. The summed E-state index contributed by atoms with van der Waals surface area (Å²) < 4.78 is 24.1. The van der Waals surface area contributed by atoms with Crippen molar-refractivity contribution < 1.29 is 38.0 Å². The molecule has 0 aromatic carbocycles. The maximum Gasteiger partial charge on any atom is 1.00 e. The van der Waals surface area contributed by atoms with Gasteiger partial charge in [0.05, 0.1) is 0 Å². The minimum absolute atomic E-state index is 0. The van der Waals surface area contributed by atoms with E-state index in [1.807, 2.05) is 0 Å². The van der Waals surface area contributed by atoms with E-state index in [2.05, 4.69) is 0 Å². The average Bonchev–Trinajstić information content (AvgIpc) is 0.811. The van der Waals surface area contributed by atoms with Crippen LogP contribution in [0.25, 0.3) is 4.78 Å². The van der Waals surface area contributed by atoms with Crippen molar-refractivity contribution in [2.24, 2.45) is 0 Å². The standard InChI is InChI=1S/NO2S.Na/c1-4(2)3;/q-1;+1. The molecule has 3 nitrogen and oxygen atoms in total. The van der Waals surface area contributed by atoms with Crippen LogP contribution in [0.4, 0.5) is 0 Å². The first-order valence-electron chi connectivity index (χ1n) is 0.516. The molecule has 0 saturated heterocycles. The van der Waals surface area contributed by atoms with Gasteiger partial charge >= 0.3 is 29.6 Å². The molecule has 0 amide bonds. The third-order valence-electron chi connectivity index (χ3n) is 0. The van der Waals surface area contributed by atoms with Crippen LogP contribution in [-0.2, 0) is 10.5 Å². The van der Waals surface area contributed by atoms with E-state index in [1.54, 1.807) is 0 Å². The minimum atomic E-state index is -2.86. The van der Waals surface area contributed by atoms with Crippen LogP contribution in [0, 0.1) is 0 Å². The second-order valence-corrected chi connectivity index (χ2v) is 0.651. The molecule has 5 heteroatoms. The first-order chi connectivity index (χ1) is 1.73. The first-order valence-corrected chi connectivity index (χ1v) is 1.55. The van der Waals surface area contributed by atoms with Crippen LogP contribution in [0.15, 0.2) is 0 Å². The first kappa shape index (κ1) is 9.15. The summed E-state index contributed by atoms with van der Waals surface area (Å²) in [7, 11) is -2.86. The van der Waals surface area contributed by atoms with Gasteiger partial charge in [0, 0.05) is 0 Å². The van der Waals surface area contributed by atoms with Crippen LogP contribution in [0.1, 0.15) is 0 Å². The van der Waals surface area contributed by atoms with E-state index in [4.69, 9.17) is 13.2 Å². The summed E-state index contributed by atoms with van der Waals surface area (Å²) in [6.07, 6.45) is 0. The molecule has 0 atom stereocenters. The zero-order chi connectivity index (χ0) is 3.58. The molecule has 0 aliphatic rings. The van der Waals surface area contributed by atoms with Crippen molar-refractivity contribution in [2.45, 2.75) is 0 Å². The molecule has 0 heterocycles. The quantitative estimate of drug-likeness (QED) is 0.299. The fourth-order valence-electron chi connectivity index (χ4n) is 0. The summed E-state index contributed by atoms with van der Waals surface area (Å²) >= 11 is 0. The summed E-state index contributed by atoms with van der Waals surface area (Å²) in [6.45, 7) is 0. The molecule has 0 saturated carbocycles. The summed E-state index contributed by atoms with van der Waals surface area (Å²) in [6, 6.07) is 0. The number of hydrogen-bond donors (Lipinski definition) is 0. The van der Waals surface area contributed by atoms with Gasteiger partial charge in [0.25, 0.3) is 0 Å². The topological polar surface area (TPSA) is 56.4 Å². The van der Waals surface area contributed by atoms with Gasteiger partial charge in [0.1, 0.15) is 10.5 Å². The maximum atomic E-state index is 8.56. The van der Waals surface area contributed by atoms with Gasteiger partial charge in [-0.3, -0.25) is 0 Å². The van der Waals surface area contributed by atoms with Gasteiger partial charge in [0.15, 0.2) is 0 Å². The number of nitrogens with zero attached hydrogens (tertiary/aromatic N) is 1. The van der Waals surface area contributed by atoms with Crippen molar-refractivity contribution in [2.75, 3.05) is 0 Å². The molecule has 5 heavy (non-hydrogen) atoms. The molecular weight excluding hydrogens is 101 g/mol. The van der Waals surface area contributed by atoms with Crippen LogP contribution >= 0.6 is 0 Å². The van der Waals surface area contributed by atoms with Crippen molar-refractivity contribution in [3.8, 4) is 0 Å². The summed E-state index contributed by atoms with van der Waals surface area (Å²) in [5, 5.41) is 0. The summed E-state index contributed by atoms with van der Waals surface area (Å²) in [4.78, 5) is 0. The summed E-state index contributed by atoms with van der Waals surface area (Å²) in [5.74, 6) is 0. The van der Waals surface area contributed by atoms with Crippen molar-refractivity contribution in [3.63, 3.8) is 0 Å². The molecule has 0 spiro atoms. The maximum absolute atomic E-state index is 8.56. The number of rotatable bonds is 0. The molecule has 0 N–H and O–H groups in total. The van der Waals surface area contributed by atoms with Crippen molar-refractivity contribution >= 4 is 10.5 Å². The van der Waals surface area contributed by atoms with Crippen LogP contribution < -0.4 is 29.6 Å². The van der Waals surface area contributed by atoms with Crippen LogP contribution in [-0.4, -0.2) is 8.42 Å². The molecule has 0 bridgehead atoms. The van der Waals surface area contributed by atoms with Crippen LogP contribution in [0.2, 0.25) is 0 Å². The predicted molar refractivity (Wildman–Crippen MR) is 12.3 cm³/mol. The minimum Gasteiger partial charge on any atom is -0.686 e. The Hall–Kier alpha value is 0.620. The predicted octanol–water partition coefficient (Wildman–Crippen LogP) is -3.38. The van der Waals surface area contributed by atoms with Crippen molar-refractivity contribution in [3.05, 3.63) is 4.78 Å². The molecule has 0 aliphatic heterocycles. The van der Waals surface area contributed by atoms with E-state index in [1.165, 1.54) is 0 Å². The molecule has 0 fully saturated rings. The Kier molecular flexibility index (Phi) is 8.46. The van der Waals surface area contributed by atoms with Crippen LogP contribution in [0.3, 0.4) is 0 Å². The molecular formula is NNaO2S. The Morgan fingerprint density at radius 2 is 1.40 bits per heavy atom. The second-order valence-electron chi connectivity index (χ2n) is 0.217. The zero-order valence-electron chi connectivity index (χ0n) is 2.67. The molecule has 0 aliphatic carbocycles. The normalized spacial score (nSPS) is 4.80. The van der Waals surface area contributed by atoms with Gasteiger partial charge in [0.2, 0.25) is 0 Å². The van der Waals surface area contributed by atoms with Crippen molar-refractivity contribution in [1.82, 2.24) is 0 Å². The van der Waals surface area contributed by atoms with Crippen molar-refractivity contribution in [1.29, 1.82) is 0 Å². The summed E-state index contributed by atoms with van der Waals surface area (Å²) in [5.41, 5.74) is 0. The molecule has 0 aromatic rings. The van der Waals surface area contributed by atoms with Crippen LogP contribution in [0.5, 0.6) is 0 Å². The monoisotopic (exact) mass is 101 g/mol. The average molecular weight is 101 g/mol. The smallest absolute Gasteiger partial charge is 0.686 e. The molecule has 0 aromatic heterocycles. The third-order valence-corrected chi connectivity index (χ3v) is 0. The van der Waals surface area contributed by atoms with E-state index >= 15 is 0 Å². The van der Waals surface area contributed by atoms with Gasteiger partial charge in [-0.05, 0) is 0 Å². The van der Waals surface area contributed by atoms with Gasteiger partial charge in [-0.15, -0.1) is 0 Å². The fraction of sp³-hybridized carbons (Fsp3) is 0. The van der Waals surface area contributed by atoms with Gasteiger partial charge in [-0.25, -0.2) is 8.42 Å². The molecule has 24 valence electrons. The Labute approximate surface area is 53.2 Å². The molecule has 0 unspecified atom stereocenters. The Balaban J connectivity index is 0. The molecule has 0 radical (unpaired) electrons. The zero-order valence-corrected chi connectivity index (χ0v) is 5.49. The van der Waals surface area contributed by atoms with E-state index in [9.17, 15) is 0 Å².